The average Bonchev–Trinajstić information content (AvgIpc) is 2.85. The Kier molecular flexibility index (Phi) is 4.78. The van der Waals surface area contributed by atoms with Crippen molar-refractivity contribution >= 4 is 5.91 Å². The van der Waals surface area contributed by atoms with Crippen LogP contribution in [0.3, 0.4) is 0 Å². The molecule has 0 spiro atoms. The van der Waals surface area contributed by atoms with E-state index in [1.165, 1.54) is 17.5 Å². The van der Waals surface area contributed by atoms with Crippen molar-refractivity contribution in [2.75, 3.05) is 20.3 Å². The molecule has 4 heteroatoms. The lowest BCUT2D eigenvalue weighted by molar-refractivity contribution is 0.0725. The van der Waals surface area contributed by atoms with Gasteiger partial charge in [0.05, 0.1) is 12.1 Å². The fourth-order valence-corrected chi connectivity index (χ4v) is 2.80. The van der Waals surface area contributed by atoms with E-state index in [1.54, 1.807) is 7.11 Å². The number of hydrogen-bond acceptors (Lipinski definition) is 3. The van der Waals surface area contributed by atoms with E-state index in [-0.39, 0.29) is 12.5 Å². The van der Waals surface area contributed by atoms with Gasteiger partial charge in [-0.15, -0.1) is 0 Å². The van der Waals surface area contributed by atoms with Crippen LogP contribution in [0.15, 0.2) is 18.2 Å². The highest BCUT2D eigenvalue weighted by atomic mass is 16.5. The fraction of sp³-hybridized carbons (Fsp3) is 0.562. The largest absolute Gasteiger partial charge is 0.396 e. The van der Waals surface area contributed by atoms with Gasteiger partial charge in [0, 0.05) is 19.3 Å². The van der Waals surface area contributed by atoms with Gasteiger partial charge < -0.3 is 15.2 Å². The first-order valence-corrected chi connectivity index (χ1v) is 7.12. The number of ether oxygens (including phenoxy) is 1. The molecule has 1 unspecified atom stereocenters. The van der Waals surface area contributed by atoms with Gasteiger partial charge in [0.15, 0.2) is 0 Å². The molecule has 1 aromatic carbocycles. The Morgan fingerprint density at radius 3 is 2.85 bits per heavy atom. The molecule has 0 saturated carbocycles. The van der Waals surface area contributed by atoms with Crippen molar-refractivity contribution in [2.24, 2.45) is 0 Å². The summed E-state index contributed by atoms with van der Waals surface area (Å²) in [4.78, 5) is 12.4. The maximum absolute atomic E-state index is 12.4. The third-order valence-corrected chi connectivity index (χ3v) is 3.90. The van der Waals surface area contributed by atoms with E-state index in [2.05, 4.69) is 11.4 Å². The van der Waals surface area contributed by atoms with Crippen LogP contribution in [0.1, 0.15) is 41.3 Å². The van der Waals surface area contributed by atoms with Crippen LogP contribution in [0.25, 0.3) is 0 Å². The van der Waals surface area contributed by atoms with Crippen molar-refractivity contribution in [3.05, 3.63) is 34.9 Å². The summed E-state index contributed by atoms with van der Waals surface area (Å²) in [7, 11) is 1.59. The highest BCUT2D eigenvalue weighted by Gasteiger charge is 2.26. The quantitative estimate of drug-likeness (QED) is 0.832. The minimum Gasteiger partial charge on any atom is -0.396 e. The summed E-state index contributed by atoms with van der Waals surface area (Å²) < 4.78 is 5.14. The topological polar surface area (TPSA) is 58.6 Å². The first kappa shape index (κ1) is 15.0. The van der Waals surface area contributed by atoms with E-state index in [0.717, 1.165) is 12.8 Å². The molecule has 2 rings (SSSR count). The van der Waals surface area contributed by atoms with Gasteiger partial charge in [-0.3, -0.25) is 4.79 Å². The summed E-state index contributed by atoms with van der Waals surface area (Å²) in [5.41, 5.74) is 2.79. The van der Waals surface area contributed by atoms with Gasteiger partial charge in [0.2, 0.25) is 0 Å². The van der Waals surface area contributed by atoms with Crippen LogP contribution >= 0.6 is 0 Å². The summed E-state index contributed by atoms with van der Waals surface area (Å²) in [6.07, 6.45) is 3.81. The second kappa shape index (κ2) is 6.37. The molecule has 0 heterocycles. The predicted octanol–water partition coefficient (Wildman–Crippen LogP) is 1.69. The number of aliphatic hydroxyl groups is 1. The van der Waals surface area contributed by atoms with Crippen LogP contribution in [-0.4, -0.2) is 36.9 Å². The van der Waals surface area contributed by atoms with Crippen LogP contribution in [0.2, 0.25) is 0 Å². The van der Waals surface area contributed by atoms with Crippen LogP contribution < -0.4 is 5.32 Å². The van der Waals surface area contributed by atoms with Crippen molar-refractivity contribution in [3.8, 4) is 0 Å². The normalized spacial score (nSPS) is 16.6. The average molecular weight is 277 g/mol. The molecule has 1 aliphatic carbocycles. The number of rotatable bonds is 6. The van der Waals surface area contributed by atoms with Gasteiger partial charge >= 0.3 is 0 Å². The number of benzene rings is 1. The van der Waals surface area contributed by atoms with Gasteiger partial charge in [-0.1, -0.05) is 6.07 Å². The van der Waals surface area contributed by atoms with E-state index in [0.29, 0.717) is 18.6 Å². The van der Waals surface area contributed by atoms with E-state index >= 15 is 0 Å². The summed E-state index contributed by atoms with van der Waals surface area (Å²) in [6, 6.07) is 5.92. The van der Waals surface area contributed by atoms with Gasteiger partial charge in [0.1, 0.15) is 0 Å². The number of aliphatic hydroxyl groups excluding tert-OH is 1. The maximum Gasteiger partial charge on any atom is 0.251 e. The zero-order chi connectivity index (χ0) is 14.6. The molecular weight excluding hydrogens is 254 g/mol. The van der Waals surface area contributed by atoms with Crippen molar-refractivity contribution in [1.29, 1.82) is 0 Å². The summed E-state index contributed by atoms with van der Waals surface area (Å²) in [5.74, 6) is -0.104. The van der Waals surface area contributed by atoms with Crippen molar-refractivity contribution in [1.82, 2.24) is 5.32 Å². The van der Waals surface area contributed by atoms with E-state index in [1.807, 2.05) is 19.1 Å². The Morgan fingerprint density at radius 2 is 2.15 bits per heavy atom. The summed E-state index contributed by atoms with van der Waals surface area (Å²) >= 11 is 0. The van der Waals surface area contributed by atoms with E-state index < -0.39 is 5.54 Å². The van der Waals surface area contributed by atoms with Gasteiger partial charge in [-0.05, 0) is 55.9 Å². The molecule has 1 amide bonds. The molecule has 2 N–H and O–H groups in total. The Balaban J connectivity index is 2.10. The Bertz CT molecular complexity index is 479. The second-order valence-corrected chi connectivity index (χ2v) is 5.76. The van der Waals surface area contributed by atoms with Crippen molar-refractivity contribution in [2.45, 2.75) is 38.1 Å². The molecule has 0 radical (unpaired) electrons. The van der Waals surface area contributed by atoms with Gasteiger partial charge in [0.25, 0.3) is 5.91 Å². The molecule has 1 aromatic rings. The Hall–Kier alpha value is -1.39. The zero-order valence-corrected chi connectivity index (χ0v) is 12.2. The molecule has 0 bridgehead atoms. The number of hydrogen-bond donors (Lipinski definition) is 2. The Morgan fingerprint density at radius 1 is 1.40 bits per heavy atom. The van der Waals surface area contributed by atoms with Crippen LogP contribution in [0, 0.1) is 0 Å². The third kappa shape index (κ3) is 3.38. The minimum atomic E-state index is -0.542. The molecule has 0 saturated heterocycles. The molecule has 0 fully saturated rings. The van der Waals surface area contributed by atoms with E-state index in [9.17, 15) is 4.79 Å². The number of nitrogens with one attached hydrogen (secondary N) is 1. The lowest BCUT2D eigenvalue weighted by Crippen LogP contribution is -2.50. The molecule has 0 aliphatic heterocycles. The van der Waals surface area contributed by atoms with Crippen LogP contribution in [-0.2, 0) is 17.6 Å². The molecular formula is C16H23NO3. The molecule has 110 valence electrons. The number of fused-ring (bicyclic) bond motifs is 1. The Labute approximate surface area is 120 Å². The standard InChI is InChI=1S/C16H23NO3/c1-16(8-9-18,11-20-2)17-15(19)14-7-6-12-4-3-5-13(12)10-14/h6-7,10,18H,3-5,8-9,11H2,1-2H3,(H,17,19). The number of carbonyl (C=O) groups excluding carboxylic acids is 1. The second-order valence-electron chi connectivity index (χ2n) is 5.76. The SMILES string of the molecule is COCC(C)(CCO)NC(=O)c1ccc2c(c1)CCC2. The van der Waals surface area contributed by atoms with Crippen LogP contribution in [0.4, 0.5) is 0 Å². The van der Waals surface area contributed by atoms with Crippen LogP contribution in [0.5, 0.6) is 0 Å². The van der Waals surface area contributed by atoms with Crippen molar-refractivity contribution < 1.29 is 14.6 Å². The number of aryl methyl sites for hydroxylation is 2. The highest BCUT2D eigenvalue weighted by Crippen LogP contribution is 2.23. The molecule has 1 aliphatic rings. The first-order chi connectivity index (χ1) is 9.58. The fourth-order valence-electron chi connectivity index (χ4n) is 2.80. The molecule has 1 atom stereocenters. The lowest BCUT2D eigenvalue weighted by Gasteiger charge is -2.29. The summed E-state index contributed by atoms with van der Waals surface area (Å²) in [5, 5.41) is 12.1. The highest BCUT2D eigenvalue weighted by molar-refractivity contribution is 5.95. The monoisotopic (exact) mass is 277 g/mol. The maximum atomic E-state index is 12.4. The molecule has 0 aromatic heterocycles. The number of methoxy groups -OCH3 is 1. The minimum absolute atomic E-state index is 0.0182. The lowest BCUT2D eigenvalue weighted by atomic mass is 9.98. The van der Waals surface area contributed by atoms with Crippen molar-refractivity contribution in [3.63, 3.8) is 0 Å². The number of carbonyl (C=O) groups is 1. The number of amides is 1. The first-order valence-electron chi connectivity index (χ1n) is 7.12. The van der Waals surface area contributed by atoms with Gasteiger partial charge in [-0.25, -0.2) is 0 Å². The predicted molar refractivity (Wildman–Crippen MR) is 77.9 cm³/mol. The molecule has 4 nitrogen and oxygen atoms in total. The smallest absolute Gasteiger partial charge is 0.251 e. The van der Waals surface area contributed by atoms with E-state index in [4.69, 9.17) is 9.84 Å². The zero-order valence-electron chi connectivity index (χ0n) is 12.2. The molecule has 20 heavy (non-hydrogen) atoms. The third-order valence-electron chi connectivity index (χ3n) is 3.90. The van der Waals surface area contributed by atoms with Gasteiger partial charge in [-0.2, -0.15) is 0 Å². The summed E-state index contributed by atoms with van der Waals surface area (Å²) in [6.45, 7) is 2.28.